The van der Waals surface area contributed by atoms with Gasteiger partial charge in [0, 0.05) is 12.6 Å². The summed E-state index contributed by atoms with van der Waals surface area (Å²) in [6.45, 7) is 6.34. The lowest BCUT2D eigenvalue weighted by Crippen LogP contribution is -2.44. The zero-order valence-electron chi connectivity index (χ0n) is 10.6. The van der Waals surface area contributed by atoms with Crippen LogP contribution in [0.5, 0.6) is 0 Å². The van der Waals surface area contributed by atoms with E-state index in [0.717, 1.165) is 19.1 Å². The van der Waals surface area contributed by atoms with Gasteiger partial charge in [0.05, 0.1) is 6.61 Å². The van der Waals surface area contributed by atoms with Gasteiger partial charge in [-0.3, -0.25) is 0 Å². The Morgan fingerprint density at radius 1 is 1.20 bits per heavy atom. The average molecular weight is 213 g/mol. The molecule has 2 heteroatoms. The van der Waals surface area contributed by atoms with Gasteiger partial charge in [-0.2, -0.15) is 0 Å². The third-order valence-corrected chi connectivity index (χ3v) is 3.39. The van der Waals surface area contributed by atoms with Gasteiger partial charge >= 0.3 is 0 Å². The van der Waals surface area contributed by atoms with E-state index in [1.165, 1.54) is 38.5 Å². The van der Waals surface area contributed by atoms with Crippen LogP contribution in [0.25, 0.3) is 0 Å². The standard InChI is InChI=1S/C13H27NO/c1-13(2,11-15-3)14-10-9-12-7-5-4-6-8-12/h12,14H,4-11H2,1-3H3. The fraction of sp³-hybridized carbons (Fsp3) is 1.00. The first-order valence-corrected chi connectivity index (χ1v) is 6.38. The molecule has 2 nitrogen and oxygen atoms in total. The zero-order valence-corrected chi connectivity index (χ0v) is 10.6. The summed E-state index contributed by atoms with van der Waals surface area (Å²) in [4.78, 5) is 0. The van der Waals surface area contributed by atoms with Crippen molar-refractivity contribution in [3.8, 4) is 0 Å². The molecule has 0 atom stereocenters. The first kappa shape index (κ1) is 13.0. The molecule has 0 radical (unpaired) electrons. The summed E-state index contributed by atoms with van der Waals surface area (Å²) in [6.07, 6.45) is 8.60. The predicted octanol–water partition coefficient (Wildman–Crippen LogP) is 2.97. The van der Waals surface area contributed by atoms with Crippen LogP contribution in [-0.4, -0.2) is 25.8 Å². The lowest BCUT2D eigenvalue weighted by molar-refractivity contribution is 0.127. The second-order valence-electron chi connectivity index (χ2n) is 5.54. The predicted molar refractivity (Wildman–Crippen MR) is 65.1 cm³/mol. The zero-order chi connectivity index (χ0) is 11.1. The van der Waals surface area contributed by atoms with Gasteiger partial charge in [-0.15, -0.1) is 0 Å². The van der Waals surface area contributed by atoms with E-state index in [2.05, 4.69) is 19.2 Å². The molecule has 0 unspecified atom stereocenters. The molecule has 1 fully saturated rings. The minimum atomic E-state index is 0.128. The van der Waals surface area contributed by atoms with Crippen molar-refractivity contribution in [3.63, 3.8) is 0 Å². The van der Waals surface area contributed by atoms with Crippen LogP contribution in [0.15, 0.2) is 0 Å². The Bertz CT molecular complexity index is 162. The molecule has 0 aliphatic heterocycles. The summed E-state index contributed by atoms with van der Waals surface area (Å²) in [7, 11) is 1.77. The molecule has 0 amide bonds. The molecule has 1 aliphatic rings. The molecule has 0 aromatic rings. The Hall–Kier alpha value is -0.0800. The van der Waals surface area contributed by atoms with Crippen LogP contribution in [0.4, 0.5) is 0 Å². The Kier molecular flexibility index (Phi) is 5.62. The van der Waals surface area contributed by atoms with Crippen molar-refractivity contribution >= 4 is 0 Å². The summed E-state index contributed by atoms with van der Waals surface area (Å²) in [5.74, 6) is 0.976. The fourth-order valence-corrected chi connectivity index (χ4v) is 2.50. The molecule has 0 spiro atoms. The molecule has 0 aromatic carbocycles. The Labute approximate surface area is 94.8 Å². The highest BCUT2D eigenvalue weighted by Gasteiger charge is 2.18. The Balaban J connectivity index is 2.09. The number of rotatable bonds is 6. The SMILES string of the molecule is COCC(C)(C)NCCC1CCCCC1. The third kappa shape index (κ3) is 5.53. The van der Waals surface area contributed by atoms with Crippen LogP contribution >= 0.6 is 0 Å². The lowest BCUT2D eigenvalue weighted by atomic mass is 9.87. The largest absolute Gasteiger partial charge is 0.383 e. The van der Waals surface area contributed by atoms with E-state index < -0.39 is 0 Å². The molecule has 1 aliphatic carbocycles. The maximum Gasteiger partial charge on any atom is 0.0639 e. The van der Waals surface area contributed by atoms with E-state index in [1.807, 2.05) is 0 Å². The molecule has 90 valence electrons. The quantitative estimate of drug-likeness (QED) is 0.732. The summed E-state index contributed by atoms with van der Waals surface area (Å²) in [5.41, 5.74) is 0.128. The topological polar surface area (TPSA) is 21.3 Å². The van der Waals surface area contributed by atoms with E-state index in [9.17, 15) is 0 Å². The molecular weight excluding hydrogens is 186 g/mol. The van der Waals surface area contributed by atoms with Crippen LogP contribution in [0.2, 0.25) is 0 Å². The van der Waals surface area contributed by atoms with Gasteiger partial charge < -0.3 is 10.1 Å². The maximum atomic E-state index is 5.19. The third-order valence-electron chi connectivity index (χ3n) is 3.39. The van der Waals surface area contributed by atoms with Crippen molar-refractivity contribution in [1.82, 2.24) is 5.32 Å². The first-order chi connectivity index (χ1) is 7.14. The molecular formula is C13H27NO. The van der Waals surface area contributed by atoms with Crippen LogP contribution in [0.1, 0.15) is 52.4 Å². The highest BCUT2D eigenvalue weighted by molar-refractivity contribution is 4.77. The highest BCUT2D eigenvalue weighted by atomic mass is 16.5. The molecule has 1 saturated carbocycles. The molecule has 0 bridgehead atoms. The highest BCUT2D eigenvalue weighted by Crippen LogP contribution is 2.25. The number of methoxy groups -OCH3 is 1. The van der Waals surface area contributed by atoms with Crippen molar-refractivity contribution in [2.75, 3.05) is 20.3 Å². The summed E-state index contributed by atoms with van der Waals surface area (Å²) in [5, 5.41) is 3.58. The Morgan fingerprint density at radius 2 is 1.87 bits per heavy atom. The summed E-state index contributed by atoms with van der Waals surface area (Å²) in [6, 6.07) is 0. The normalized spacial score (nSPS) is 19.4. The minimum absolute atomic E-state index is 0.128. The van der Waals surface area contributed by atoms with Gasteiger partial charge in [0.25, 0.3) is 0 Å². The molecule has 15 heavy (non-hydrogen) atoms. The number of ether oxygens (including phenoxy) is 1. The number of nitrogens with one attached hydrogen (secondary N) is 1. The van der Waals surface area contributed by atoms with Crippen LogP contribution in [0.3, 0.4) is 0 Å². The van der Waals surface area contributed by atoms with Gasteiger partial charge in [-0.1, -0.05) is 32.1 Å². The van der Waals surface area contributed by atoms with Crippen LogP contribution in [-0.2, 0) is 4.74 Å². The Morgan fingerprint density at radius 3 is 2.47 bits per heavy atom. The average Bonchev–Trinajstić information content (AvgIpc) is 2.19. The smallest absolute Gasteiger partial charge is 0.0639 e. The van der Waals surface area contributed by atoms with Crippen molar-refractivity contribution in [1.29, 1.82) is 0 Å². The number of hydrogen-bond acceptors (Lipinski definition) is 2. The fourth-order valence-electron chi connectivity index (χ4n) is 2.50. The van der Waals surface area contributed by atoms with Crippen molar-refractivity contribution in [2.24, 2.45) is 5.92 Å². The second kappa shape index (κ2) is 6.49. The van der Waals surface area contributed by atoms with Gasteiger partial charge in [0.15, 0.2) is 0 Å². The van der Waals surface area contributed by atoms with Gasteiger partial charge in [-0.25, -0.2) is 0 Å². The van der Waals surface area contributed by atoms with E-state index in [0.29, 0.717) is 0 Å². The van der Waals surface area contributed by atoms with Crippen LogP contribution in [0, 0.1) is 5.92 Å². The second-order valence-corrected chi connectivity index (χ2v) is 5.54. The molecule has 0 heterocycles. The van der Waals surface area contributed by atoms with Gasteiger partial charge in [0.2, 0.25) is 0 Å². The van der Waals surface area contributed by atoms with Crippen LogP contribution < -0.4 is 5.32 Å². The summed E-state index contributed by atoms with van der Waals surface area (Å²) >= 11 is 0. The number of hydrogen-bond donors (Lipinski definition) is 1. The van der Waals surface area contributed by atoms with Crippen molar-refractivity contribution in [3.05, 3.63) is 0 Å². The maximum absolute atomic E-state index is 5.19. The van der Waals surface area contributed by atoms with E-state index in [-0.39, 0.29) is 5.54 Å². The summed E-state index contributed by atoms with van der Waals surface area (Å²) < 4.78 is 5.19. The lowest BCUT2D eigenvalue weighted by Gasteiger charge is -2.27. The van der Waals surface area contributed by atoms with Gasteiger partial charge in [-0.05, 0) is 32.7 Å². The van der Waals surface area contributed by atoms with E-state index >= 15 is 0 Å². The van der Waals surface area contributed by atoms with E-state index in [4.69, 9.17) is 4.74 Å². The molecule has 1 N–H and O–H groups in total. The first-order valence-electron chi connectivity index (χ1n) is 6.38. The van der Waals surface area contributed by atoms with Gasteiger partial charge in [0.1, 0.15) is 0 Å². The van der Waals surface area contributed by atoms with Crippen molar-refractivity contribution in [2.45, 2.75) is 57.9 Å². The van der Waals surface area contributed by atoms with E-state index in [1.54, 1.807) is 7.11 Å². The molecule has 0 aromatic heterocycles. The minimum Gasteiger partial charge on any atom is -0.383 e. The van der Waals surface area contributed by atoms with Crippen molar-refractivity contribution < 1.29 is 4.74 Å². The molecule has 1 rings (SSSR count). The molecule has 0 saturated heterocycles. The monoisotopic (exact) mass is 213 g/mol.